The molecule has 6 heteroatoms. The molecule has 2 aromatic carbocycles. The summed E-state index contributed by atoms with van der Waals surface area (Å²) in [6, 6.07) is 16.0. The molecule has 0 spiro atoms. The van der Waals surface area contributed by atoms with Crippen LogP contribution in [0.5, 0.6) is 0 Å². The number of morpholine rings is 1. The summed E-state index contributed by atoms with van der Waals surface area (Å²) in [7, 11) is 0. The van der Waals surface area contributed by atoms with E-state index in [4.69, 9.17) is 9.72 Å². The minimum atomic E-state index is 0.0601. The predicted molar refractivity (Wildman–Crippen MR) is 119 cm³/mol. The fraction of sp³-hybridized carbons (Fsp3) is 0.391. The Morgan fingerprint density at radius 3 is 2.62 bits per heavy atom. The third-order valence-electron chi connectivity index (χ3n) is 5.40. The summed E-state index contributed by atoms with van der Waals surface area (Å²) in [5, 5.41) is 1.50. The zero-order valence-electron chi connectivity index (χ0n) is 16.8. The Labute approximate surface area is 175 Å². The number of aromatic nitrogens is 2. The van der Waals surface area contributed by atoms with Crippen LogP contribution in [0.25, 0.3) is 10.9 Å². The number of rotatable bonds is 7. The normalized spacial score (nSPS) is 15.1. The van der Waals surface area contributed by atoms with Crippen LogP contribution in [0.4, 0.5) is 0 Å². The molecule has 0 N–H and O–H groups in total. The van der Waals surface area contributed by atoms with Gasteiger partial charge in [-0.1, -0.05) is 48.2 Å². The van der Waals surface area contributed by atoms with E-state index in [9.17, 15) is 4.79 Å². The van der Waals surface area contributed by atoms with Gasteiger partial charge in [0.15, 0.2) is 5.16 Å². The number of benzene rings is 2. The van der Waals surface area contributed by atoms with Crippen molar-refractivity contribution in [2.75, 3.05) is 32.8 Å². The molecule has 5 nitrogen and oxygen atoms in total. The third-order valence-corrected chi connectivity index (χ3v) is 6.43. The van der Waals surface area contributed by atoms with E-state index in [1.807, 2.05) is 28.8 Å². The molecule has 0 amide bonds. The van der Waals surface area contributed by atoms with E-state index in [0.717, 1.165) is 55.7 Å². The molecule has 1 aliphatic heterocycles. The highest BCUT2D eigenvalue weighted by Crippen LogP contribution is 2.24. The van der Waals surface area contributed by atoms with Crippen molar-refractivity contribution in [1.82, 2.24) is 14.5 Å². The van der Waals surface area contributed by atoms with Crippen molar-refractivity contribution in [3.63, 3.8) is 0 Å². The largest absolute Gasteiger partial charge is 0.379 e. The molecule has 0 unspecified atom stereocenters. The van der Waals surface area contributed by atoms with Crippen LogP contribution < -0.4 is 5.56 Å². The van der Waals surface area contributed by atoms with Gasteiger partial charge in [-0.3, -0.25) is 14.3 Å². The first-order valence-corrected chi connectivity index (χ1v) is 11.2. The van der Waals surface area contributed by atoms with Crippen LogP contribution >= 0.6 is 11.8 Å². The minimum Gasteiger partial charge on any atom is -0.379 e. The van der Waals surface area contributed by atoms with Crippen LogP contribution in [0.1, 0.15) is 17.5 Å². The van der Waals surface area contributed by atoms with Crippen LogP contribution in [-0.2, 0) is 17.0 Å². The predicted octanol–water partition coefficient (Wildman–Crippen LogP) is 3.72. The maximum absolute atomic E-state index is 13.2. The summed E-state index contributed by atoms with van der Waals surface area (Å²) in [4.78, 5) is 20.4. The monoisotopic (exact) mass is 409 g/mol. The first-order valence-electron chi connectivity index (χ1n) is 10.2. The number of aryl methyl sites for hydroxylation is 1. The highest BCUT2D eigenvalue weighted by atomic mass is 32.2. The number of fused-ring (bicyclic) bond motifs is 1. The van der Waals surface area contributed by atoms with Crippen molar-refractivity contribution in [2.24, 2.45) is 0 Å². The van der Waals surface area contributed by atoms with E-state index in [1.165, 1.54) is 11.1 Å². The molecule has 0 aliphatic carbocycles. The van der Waals surface area contributed by atoms with Gasteiger partial charge in [-0.2, -0.15) is 0 Å². The first-order chi connectivity index (χ1) is 14.2. The number of thioether (sulfide) groups is 1. The van der Waals surface area contributed by atoms with E-state index in [0.29, 0.717) is 11.9 Å². The Balaban J connectivity index is 1.56. The zero-order chi connectivity index (χ0) is 20.1. The quantitative estimate of drug-likeness (QED) is 0.440. The van der Waals surface area contributed by atoms with Gasteiger partial charge >= 0.3 is 0 Å². The van der Waals surface area contributed by atoms with Crippen molar-refractivity contribution in [3.05, 3.63) is 70.0 Å². The van der Waals surface area contributed by atoms with Crippen molar-refractivity contribution < 1.29 is 4.74 Å². The van der Waals surface area contributed by atoms with Crippen molar-refractivity contribution in [1.29, 1.82) is 0 Å². The van der Waals surface area contributed by atoms with Crippen LogP contribution in [0, 0.1) is 6.92 Å². The summed E-state index contributed by atoms with van der Waals surface area (Å²) in [5.41, 5.74) is 3.38. The number of hydrogen-bond acceptors (Lipinski definition) is 5. The first kappa shape index (κ1) is 20.1. The van der Waals surface area contributed by atoms with Gasteiger partial charge in [0.2, 0.25) is 0 Å². The molecule has 0 saturated carbocycles. The molecule has 0 bridgehead atoms. The second kappa shape index (κ2) is 9.57. The Hall–Kier alpha value is -2.15. The molecule has 0 atom stereocenters. The summed E-state index contributed by atoms with van der Waals surface area (Å²) >= 11 is 1.65. The smallest absolute Gasteiger partial charge is 0.262 e. The lowest BCUT2D eigenvalue weighted by Gasteiger charge is -2.26. The second-order valence-corrected chi connectivity index (χ2v) is 8.33. The summed E-state index contributed by atoms with van der Waals surface area (Å²) < 4.78 is 7.29. The van der Waals surface area contributed by atoms with Gasteiger partial charge in [0.25, 0.3) is 5.56 Å². The SMILES string of the molecule is Cc1ccccc1CSc1nc2ccccc2c(=O)n1CCCN1CCOCC1. The lowest BCUT2D eigenvalue weighted by atomic mass is 10.1. The Morgan fingerprint density at radius 1 is 1.03 bits per heavy atom. The van der Waals surface area contributed by atoms with Crippen LogP contribution in [-0.4, -0.2) is 47.3 Å². The van der Waals surface area contributed by atoms with Crippen molar-refractivity contribution in [3.8, 4) is 0 Å². The fourth-order valence-corrected chi connectivity index (χ4v) is 4.75. The average Bonchev–Trinajstić information content (AvgIpc) is 2.76. The van der Waals surface area contributed by atoms with Gasteiger partial charge < -0.3 is 4.74 Å². The van der Waals surface area contributed by atoms with Gasteiger partial charge in [0.1, 0.15) is 0 Å². The fourth-order valence-electron chi connectivity index (χ4n) is 3.65. The molecule has 152 valence electrons. The lowest BCUT2D eigenvalue weighted by molar-refractivity contribution is 0.0368. The zero-order valence-corrected chi connectivity index (χ0v) is 17.7. The van der Waals surface area contributed by atoms with Crippen LogP contribution in [0.2, 0.25) is 0 Å². The summed E-state index contributed by atoms with van der Waals surface area (Å²) in [5.74, 6) is 0.806. The number of para-hydroxylation sites is 1. The maximum atomic E-state index is 13.2. The Kier molecular flexibility index (Phi) is 6.64. The van der Waals surface area contributed by atoms with E-state index in [-0.39, 0.29) is 5.56 Å². The molecule has 3 aromatic rings. The van der Waals surface area contributed by atoms with E-state index >= 15 is 0 Å². The summed E-state index contributed by atoms with van der Waals surface area (Å²) in [6.07, 6.45) is 0.928. The maximum Gasteiger partial charge on any atom is 0.262 e. The molecular formula is C23H27N3O2S. The molecule has 2 heterocycles. The Bertz CT molecular complexity index is 1030. The Morgan fingerprint density at radius 2 is 1.79 bits per heavy atom. The number of hydrogen-bond donors (Lipinski definition) is 0. The van der Waals surface area contributed by atoms with Gasteiger partial charge in [-0.15, -0.1) is 0 Å². The average molecular weight is 410 g/mol. The van der Waals surface area contributed by atoms with E-state index in [1.54, 1.807) is 11.8 Å². The van der Waals surface area contributed by atoms with E-state index < -0.39 is 0 Å². The van der Waals surface area contributed by atoms with Crippen molar-refractivity contribution >= 4 is 22.7 Å². The minimum absolute atomic E-state index is 0.0601. The molecule has 4 rings (SSSR count). The standard InChI is InChI=1S/C23H27N3O2S/c1-18-7-2-3-8-19(18)17-29-23-24-21-10-5-4-9-20(21)22(27)26(23)12-6-11-25-13-15-28-16-14-25/h2-5,7-10H,6,11-17H2,1H3. The lowest BCUT2D eigenvalue weighted by Crippen LogP contribution is -2.37. The van der Waals surface area contributed by atoms with E-state index in [2.05, 4.69) is 36.1 Å². The molecular weight excluding hydrogens is 382 g/mol. The molecule has 1 saturated heterocycles. The van der Waals surface area contributed by atoms with Gasteiger partial charge in [0.05, 0.1) is 24.1 Å². The highest BCUT2D eigenvalue weighted by molar-refractivity contribution is 7.98. The van der Waals surface area contributed by atoms with Gasteiger partial charge in [0, 0.05) is 31.9 Å². The third kappa shape index (κ3) is 4.89. The van der Waals surface area contributed by atoms with Crippen molar-refractivity contribution in [2.45, 2.75) is 30.8 Å². The number of ether oxygens (including phenoxy) is 1. The molecule has 1 aromatic heterocycles. The highest BCUT2D eigenvalue weighted by Gasteiger charge is 2.14. The topological polar surface area (TPSA) is 47.4 Å². The van der Waals surface area contributed by atoms with Gasteiger partial charge in [-0.25, -0.2) is 4.98 Å². The second-order valence-electron chi connectivity index (χ2n) is 7.39. The molecule has 29 heavy (non-hydrogen) atoms. The summed E-state index contributed by atoms with van der Waals surface area (Å²) in [6.45, 7) is 7.33. The number of nitrogens with zero attached hydrogens (tertiary/aromatic N) is 3. The molecule has 1 aliphatic rings. The van der Waals surface area contributed by atoms with Crippen LogP contribution in [0.15, 0.2) is 58.5 Å². The molecule has 1 fully saturated rings. The van der Waals surface area contributed by atoms with Crippen LogP contribution in [0.3, 0.4) is 0 Å². The molecule has 0 radical (unpaired) electrons. The van der Waals surface area contributed by atoms with Gasteiger partial charge in [-0.05, 0) is 36.6 Å².